The largest absolute Gasteiger partial charge is 0.329 e. The fourth-order valence-electron chi connectivity index (χ4n) is 2.75. The molecule has 1 aliphatic heterocycles. The van der Waals surface area contributed by atoms with Crippen molar-refractivity contribution in [2.45, 2.75) is 52.0 Å². The average molecular weight is 241 g/mol. The van der Waals surface area contributed by atoms with Crippen LogP contribution in [0.15, 0.2) is 0 Å². The summed E-state index contributed by atoms with van der Waals surface area (Å²) in [5.41, 5.74) is 5.92. The minimum absolute atomic E-state index is 0.630. The number of nitrogens with zero attached hydrogens (tertiary/aromatic N) is 2. The fourth-order valence-corrected chi connectivity index (χ4v) is 2.75. The fraction of sp³-hybridized carbons (Fsp3) is 1.00. The quantitative estimate of drug-likeness (QED) is 0.659. The molecule has 102 valence electrons. The molecular weight excluding hydrogens is 210 g/mol. The van der Waals surface area contributed by atoms with Crippen LogP contribution in [-0.2, 0) is 0 Å². The van der Waals surface area contributed by atoms with Crippen molar-refractivity contribution < 1.29 is 0 Å². The molecule has 1 unspecified atom stereocenters. The second-order valence-corrected chi connectivity index (χ2v) is 5.26. The summed E-state index contributed by atoms with van der Waals surface area (Å²) in [6.07, 6.45) is 6.57. The molecule has 1 atom stereocenters. The van der Waals surface area contributed by atoms with Gasteiger partial charge in [-0.15, -0.1) is 0 Å². The van der Waals surface area contributed by atoms with Crippen LogP contribution in [0.1, 0.15) is 46.0 Å². The van der Waals surface area contributed by atoms with Crippen LogP contribution in [0.4, 0.5) is 0 Å². The third-order valence-corrected chi connectivity index (χ3v) is 3.88. The summed E-state index contributed by atoms with van der Waals surface area (Å²) in [5, 5.41) is 0. The van der Waals surface area contributed by atoms with E-state index in [2.05, 4.69) is 23.6 Å². The molecule has 0 saturated carbocycles. The normalized spacial score (nSPS) is 20.6. The molecule has 0 spiro atoms. The maximum absolute atomic E-state index is 5.92. The zero-order chi connectivity index (χ0) is 12.5. The standard InChI is InChI=1S/C14H31N3/c1-3-5-6-7-14(13-15)17-11-9-16(8-4-2)10-12-17/h14H,3-13,15H2,1-2H3. The van der Waals surface area contributed by atoms with Gasteiger partial charge in [-0.25, -0.2) is 0 Å². The van der Waals surface area contributed by atoms with E-state index in [-0.39, 0.29) is 0 Å². The smallest absolute Gasteiger partial charge is 0.0219 e. The highest BCUT2D eigenvalue weighted by Gasteiger charge is 2.21. The summed E-state index contributed by atoms with van der Waals surface area (Å²) in [4.78, 5) is 5.19. The summed E-state index contributed by atoms with van der Waals surface area (Å²) in [6.45, 7) is 11.5. The van der Waals surface area contributed by atoms with Crippen LogP contribution >= 0.6 is 0 Å². The van der Waals surface area contributed by atoms with E-state index < -0.39 is 0 Å². The van der Waals surface area contributed by atoms with E-state index in [1.807, 2.05) is 0 Å². The lowest BCUT2D eigenvalue weighted by molar-refractivity contribution is 0.0938. The summed E-state index contributed by atoms with van der Waals surface area (Å²) in [7, 11) is 0. The van der Waals surface area contributed by atoms with Crippen LogP contribution in [0, 0.1) is 0 Å². The van der Waals surface area contributed by atoms with Crippen molar-refractivity contribution >= 4 is 0 Å². The Bertz CT molecular complexity index is 176. The Morgan fingerprint density at radius 1 is 1.00 bits per heavy atom. The number of nitrogens with two attached hydrogens (primary N) is 1. The number of hydrogen-bond acceptors (Lipinski definition) is 3. The highest BCUT2D eigenvalue weighted by Crippen LogP contribution is 2.12. The molecule has 0 amide bonds. The van der Waals surface area contributed by atoms with Gasteiger partial charge < -0.3 is 10.6 Å². The number of piperazine rings is 1. The molecule has 1 heterocycles. The van der Waals surface area contributed by atoms with E-state index in [9.17, 15) is 0 Å². The highest BCUT2D eigenvalue weighted by molar-refractivity contribution is 4.79. The molecule has 1 fully saturated rings. The van der Waals surface area contributed by atoms with E-state index >= 15 is 0 Å². The molecule has 1 rings (SSSR count). The van der Waals surface area contributed by atoms with E-state index in [4.69, 9.17) is 5.73 Å². The minimum atomic E-state index is 0.630. The van der Waals surface area contributed by atoms with Crippen molar-refractivity contribution in [3.63, 3.8) is 0 Å². The van der Waals surface area contributed by atoms with E-state index in [0.29, 0.717) is 6.04 Å². The van der Waals surface area contributed by atoms with Crippen molar-refractivity contribution in [1.29, 1.82) is 0 Å². The van der Waals surface area contributed by atoms with Crippen LogP contribution in [-0.4, -0.2) is 55.1 Å². The summed E-state index contributed by atoms with van der Waals surface area (Å²) in [6, 6.07) is 0.630. The molecule has 0 radical (unpaired) electrons. The second-order valence-electron chi connectivity index (χ2n) is 5.26. The molecular formula is C14H31N3. The lowest BCUT2D eigenvalue weighted by Gasteiger charge is -2.39. The predicted molar refractivity (Wildman–Crippen MR) is 75.3 cm³/mol. The van der Waals surface area contributed by atoms with Gasteiger partial charge in [0.15, 0.2) is 0 Å². The van der Waals surface area contributed by atoms with Gasteiger partial charge in [-0.1, -0.05) is 33.1 Å². The van der Waals surface area contributed by atoms with Gasteiger partial charge in [-0.2, -0.15) is 0 Å². The number of unbranched alkanes of at least 4 members (excludes halogenated alkanes) is 2. The van der Waals surface area contributed by atoms with Crippen molar-refractivity contribution in [3.8, 4) is 0 Å². The van der Waals surface area contributed by atoms with Crippen molar-refractivity contribution in [2.24, 2.45) is 5.73 Å². The minimum Gasteiger partial charge on any atom is -0.329 e. The molecule has 0 aromatic heterocycles. The second kappa shape index (κ2) is 8.90. The maximum Gasteiger partial charge on any atom is 0.0219 e. The first kappa shape index (κ1) is 14.9. The third-order valence-electron chi connectivity index (χ3n) is 3.88. The van der Waals surface area contributed by atoms with E-state index in [0.717, 1.165) is 6.54 Å². The van der Waals surface area contributed by atoms with Gasteiger partial charge in [0.25, 0.3) is 0 Å². The average Bonchev–Trinajstić information content (AvgIpc) is 2.36. The Morgan fingerprint density at radius 2 is 1.71 bits per heavy atom. The first-order chi connectivity index (χ1) is 8.31. The Hall–Kier alpha value is -0.120. The Morgan fingerprint density at radius 3 is 2.24 bits per heavy atom. The first-order valence-electron chi connectivity index (χ1n) is 7.48. The third kappa shape index (κ3) is 5.36. The van der Waals surface area contributed by atoms with E-state index in [1.54, 1.807) is 0 Å². The predicted octanol–water partition coefficient (Wildman–Crippen LogP) is 1.92. The van der Waals surface area contributed by atoms with Crippen LogP contribution in [0.3, 0.4) is 0 Å². The zero-order valence-electron chi connectivity index (χ0n) is 11.8. The monoisotopic (exact) mass is 241 g/mol. The Kier molecular flexibility index (Phi) is 7.82. The molecule has 0 aromatic rings. The van der Waals surface area contributed by atoms with Gasteiger partial charge in [0.05, 0.1) is 0 Å². The lowest BCUT2D eigenvalue weighted by Crippen LogP contribution is -2.52. The topological polar surface area (TPSA) is 32.5 Å². The van der Waals surface area contributed by atoms with Crippen LogP contribution in [0.2, 0.25) is 0 Å². The molecule has 0 bridgehead atoms. The molecule has 3 nitrogen and oxygen atoms in total. The van der Waals surface area contributed by atoms with Gasteiger partial charge in [0, 0.05) is 38.8 Å². The molecule has 0 aromatic carbocycles. The molecule has 2 N–H and O–H groups in total. The van der Waals surface area contributed by atoms with Crippen molar-refractivity contribution in [2.75, 3.05) is 39.3 Å². The Labute approximate surface area is 107 Å². The number of rotatable bonds is 8. The van der Waals surface area contributed by atoms with Crippen LogP contribution in [0.25, 0.3) is 0 Å². The summed E-state index contributed by atoms with van der Waals surface area (Å²) >= 11 is 0. The first-order valence-corrected chi connectivity index (χ1v) is 7.48. The summed E-state index contributed by atoms with van der Waals surface area (Å²) in [5.74, 6) is 0. The van der Waals surface area contributed by atoms with Gasteiger partial charge in [-0.05, 0) is 19.4 Å². The molecule has 3 heteroatoms. The van der Waals surface area contributed by atoms with Gasteiger partial charge in [0.2, 0.25) is 0 Å². The Balaban J connectivity index is 2.24. The highest BCUT2D eigenvalue weighted by atomic mass is 15.3. The molecule has 1 saturated heterocycles. The van der Waals surface area contributed by atoms with Crippen LogP contribution in [0.5, 0.6) is 0 Å². The molecule has 0 aliphatic carbocycles. The van der Waals surface area contributed by atoms with Gasteiger partial charge in [-0.3, -0.25) is 4.90 Å². The van der Waals surface area contributed by atoms with E-state index in [1.165, 1.54) is 64.8 Å². The molecule has 1 aliphatic rings. The number of hydrogen-bond donors (Lipinski definition) is 1. The van der Waals surface area contributed by atoms with Gasteiger partial charge >= 0.3 is 0 Å². The summed E-state index contributed by atoms with van der Waals surface area (Å²) < 4.78 is 0. The maximum atomic E-state index is 5.92. The SMILES string of the molecule is CCCCCC(CN)N1CCN(CCC)CC1. The lowest BCUT2D eigenvalue weighted by atomic mass is 10.1. The van der Waals surface area contributed by atoms with Gasteiger partial charge in [0.1, 0.15) is 0 Å². The molecule has 17 heavy (non-hydrogen) atoms. The van der Waals surface area contributed by atoms with Crippen molar-refractivity contribution in [3.05, 3.63) is 0 Å². The zero-order valence-corrected chi connectivity index (χ0v) is 11.8. The van der Waals surface area contributed by atoms with Crippen molar-refractivity contribution in [1.82, 2.24) is 9.80 Å². The van der Waals surface area contributed by atoms with Crippen LogP contribution < -0.4 is 5.73 Å².